The van der Waals surface area contributed by atoms with Gasteiger partial charge in [-0.25, -0.2) is 23.8 Å². The van der Waals surface area contributed by atoms with Crippen LogP contribution >= 0.6 is 10.7 Å². The largest absolute Gasteiger partial charge is 0.369 e. The van der Waals surface area contributed by atoms with Crippen LogP contribution in [0.15, 0.2) is 47.7 Å². The van der Waals surface area contributed by atoms with Crippen LogP contribution in [-0.4, -0.2) is 53.6 Å². The molecule has 12 heteroatoms. The van der Waals surface area contributed by atoms with E-state index in [1.807, 2.05) is 6.07 Å². The topological polar surface area (TPSA) is 141 Å². The van der Waals surface area contributed by atoms with Crippen LogP contribution < -0.4 is 10.5 Å². The molecule has 5 rings (SSSR count). The number of pyridine rings is 1. The highest BCUT2D eigenvalue weighted by Crippen LogP contribution is 2.53. The van der Waals surface area contributed by atoms with Crippen LogP contribution in [0.3, 0.4) is 0 Å². The molecule has 0 amide bonds. The first-order valence-electron chi connectivity index (χ1n) is 10.8. The summed E-state index contributed by atoms with van der Waals surface area (Å²) in [4.78, 5) is 8.86. The van der Waals surface area contributed by atoms with Crippen molar-refractivity contribution in [2.24, 2.45) is 10.7 Å². The van der Waals surface area contributed by atoms with Crippen molar-refractivity contribution in [2.45, 2.75) is 25.3 Å². The van der Waals surface area contributed by atoms with Crippen molar-refractivity contribution in [1.82, 2.24) is 29.0 Å². The summed E-state index contributed by atoms with van der Waals surface area (Å²) in [6.45, 7) is 3.06. The van der Waals surface area contributed by atoms with Gasteiger partial charge in [0.2, 0.25) is 5.96 Å². The molecule has 2 aliphatic heterocycles. The number of hydrogen-bond donors (Lipinski definition) is 3. The molecule has 0 bridgehead atoms. The molecule has 2 aliphatic rings. The Kier molecular flexibility index (Phi) is 5.47. The number of nitrogens with one attached hydrogen (secondary N) is 1. The van der Waals surface area contributed by atoms with Gasteiger partial charge in [-0.1, -0.05) is 5.21 Å². The van der Waals surface area contributed by atoms with E-state index in [2.05, 4.69) is 25.0 Å². The number of nitrogens with two attached hydrogens (primary N) is 1. The van der Waals surface area contributed by atoms with Gasteiger partial charge in [-0.2, -0.15) is 5.26 Å². The monoisotopic (exact) mass is 481 g/mol. The Morgan fingerprint density at radius 1 is 1.29 bits per heavy atom. The van der Waals surface area contributed by atoms with Crippen LogP contribution in [0, 0.1) is 17.1 Å². The Morgan fingerprint density at radius 3 is 2.91 bits per heavy atom. The van der Waals surface area contributed by atoms with E-state index in [0.29, 0.717) is 41.3 Å². The van der Waals surface area contributed by atoms with Gasteiger partial charge in [-0.3, -0.25) is 4.31 Å². The van der Waals surface area contributed by atoms with Gasteiger partial charge in [-0.15, -0.1) is 5.10 Å². The lowest BCUT2D eigenvalue weighted by Crippen LogP contribution is -2.53. The van der Waals surface area contributed by atoms with Crippen molar-refractivity contribution in [3.8, 4) is 23.1 Å². The number of nitrogens with zero attached hydrogens (tertiary/aromatic N) is 7. The summed E-state index contributed by atoms with van der Waals surface area (Å²) in [6.07, 6.45) is 4.95. The molecule has 0 spiro atoms. The van der Waals surface area contributed by atoms with Crippen molar-refractivity contribution < 1.29 is 8.94 Å². The van der Waals surface area contributed by atoms with Gasteiger partial charge in [-0.05, 0) is 50.1 Å². The summed E-state index contributed by atoms with van der Waals surface area (Å²) in [5.74, 6) is 0.488. The smallest absolute Gasteiger partial charge is 0.203 e. The van der Waals surface area contributed by atoms with E-state index in [1.54, 1.807) is 41.7 Å². The van der Waals surface area contributed by atoms with E-state index in [0.717, 1.165) is 12.8 Å². The average Bonchev–Trinajstić information content (AvgIpc) is 3.22. The number of rotatable bonds is 3. The molecule has 0 aliphatic carbocycles. The highest BCUT2D eigenvalue weighted by molar-refractivity contribution is 8.25. The minimum atomic E-state index is -2.46. The SMILES string of the molecule is C[C@@]1(c2cc(-c3cn(-c4ccc(C#N)cn4)nn3)ccc2F)CS2(O)NCCCCN2C(N)=N1. The molecule has 3 aromatic rings. The van der Waals surface area contributed by atoms with Crippen LogP contribution in [-0.2, 0) is 5.54 Å². The summed E-state index contributed by atoms with van der Waals surface area (Å²) in [5, 5.41) is 17.3. The minimum Gasteiger partial charge on any atom is -0.369 e. The maximum Gasteiger partial charge on any atom is 0.203 e. The molecule has 1 aromatic carbocycles. The van der Waals surface area contributed by atoms with Gasteiger partial charge < -0.3 is 10.3 Å². The zero-order valence-electron chi connectivity index (χ0n) is 18.5. The summed E-state index contributed by atoms with van der Waals surface area (Å²) >= 11 is 0. The van der Waals surface area contributed by atoms with Gasteiger partial charge in [0.25, 0.3) is 0 Å². The first-order valence-corrected chi connectivity index (χ1v) is 12.5. The first-order chi connectivity index (χ1) is 16.3. The average molecular weight is 482 g/mol. The molecule has 1 fully saturated rings. The van der Waals surface area contributed by atoms with Crippen LogP contribution in [0.2, 0.25) is 0 Å². The predicted molar refractivity (Wildman–Crippen MR) is 127 cm³/mol. The third kappa shape index (κ3) is 3.87. The van der Waals surface area contributed by atoms with E-state index < -0.39 is 22.0 Å². The molecule has 2 aromatic heterocycles. The number of guanidine groups is 1. The van der Waals surface area contributed by atoms with Crippen LogP contribution in [0.5, 0.6) is 0 Å². The van der Waals surface area contributed by atoms with Crippen LogP contribution in [0.25, 0.3) is 17.1 Å². The Bertz CT molecular complexity index is 1300. The summed E-state index contributed by atoms with van der Waals surface area (Å²) in [7, 11) is -2.46. The third-order valence-electron chi connectivity index (χ3n) is 6.03. The Hall–Kier alpha value is -3.53. The van der Waals surface area contributed by atoms with Gasteiger partial charge in [0, 0.05) is 41.1 Å². The number of benzene rings is 1. The first kappa shape index (κ1) is 22.3. The predicted octanol–water partition coefficient (Wildman–Crippen LogP) is 2.68. The molecular weight excluding hydrogens is 457 g/mol. The van der Waals surface area contributed by atoms with E-state index in [1.165, 1.54) is 16.9 Å². The van der Waals surface area contributed by atoms with E-state index >= 15 is 4.39 Å². The zero-order chi connectivity index (χ0) is 23.9. The third-order valence-corrected chi connectivity index (χ3v) is 8.76. The van der Waals surface area contributed by atoms with Crippen LogP contribution in [0.4, 0.5) is 4.39 Å². The van der Waals surface area contributed by atoms with Crippen LogP contribution in [0.1, 0.15) is 30.9 Å². The fourth-order valence-corrected chi connectivity index (χ4v) is 6.98. The lowest BCUT2D eigenvalue weighted by molar-refractivity contribution is 0.439. The fraction of sp³-hybridized carbons (Fsp3) is 0.318. The Balaban J connectivity index is 1.51. The molecule has 2 atom stereocenters. The van der Waals surface area contributed by atoms with Gasteiger partial charge in [0.1, 0.15) is 23.1 Å². The number of hydrogen-bond acceptors (Lipinski definition) is 9. The van der Waals surface area contributed by atoms with Gasteiger partial charge >= 0.3 is 0 Å². The fourth-order valence-electron chi connectivity index (χ4n) is 4.31. The van der Waals surface area contributed by atoms with Crippen molar-refractivity contribution in [3.05, 3.63) is 59.7 Å². The Morgan fingerprint density at radius 2 is 2.15 bits per heavy atom. The second-order valence-corrected chi connectivity index (χ2v) is 10.9. The minimum absolute atomic E-state index is 0.211. The molecule has 0 radical (unpaired) electrons. The molecule has 10 nitrogen and oxygen atoms in total. The number of halogens is 1. The molecule has 176 valence electrons. The normalized spacial score (nSPS) is 26.5. The van der Waals surface area contributed by atoms with E-state index in [-0.39, 0.29) is 11.7 Å². The maximum atomic E-state index is 15.1. The second-order valence-electron chi connectivity index (χ2n) is 8.52. The number of nitriles is 1. The Labute approximate surface area is 197 Å². The number of aliphatic imine (C=N–C) groups is 1. The van der Waals surface area contributed by atoms with Crippen molar-refractivity contribution >= 4 is 16.6 Å². The van der Waals surface area contributed by atoms with Crippen molar-refractivity contribution in [2.75, 3.05) is 18.8 Å². The molecule has 4 heterocycles. The highest BCUT2D eigenvalue weighted by Gasteiger charge is 2.46. The van der Waals surface area contributed by atoms with Gasteiger partial charge in [0.15, 0.2) is 5.82 Å². The highest BCUT2D eigenvalue weighted by atomic mass is 32.3. The van der Waals surface area contributed by atoms with Crippen molar-refractivity contribution in [3.63, 3.8) is 0 Å². The lowest BCUT2D eigenvalue weighted by atomic mass is 9.92. The molecule has 4 N–H and O–H groups in total. The number of fused-ring (bicyclic) bond motifs is 1. The molecule has 1 saturated heterocycles. The molecular formula is C22H24FN9OS. The summed E-state index contributed by atoms with van der Waals surface area (Å²) in [6, 6.07) is 10.0. The van der Waals surface area contributed by atoms with Crippen molar-refractivity contribution in [1.29, 1.82) is 5.26 Å². The number of aromatic nitrogens is 4. The molecule has 34 heavy (non-hydrogen) atoms. The van der Waals surface area contributed by atoms with Gasteiger partial charge in [0.05, 0.1) is 17.5 Å². The summed E-state index contributed by atoms with van der Waals surface area (Å²) < 4.78 is 33.0. The standard InChI is InChI=1S/C22H24FN9OS/c1-22(14-34(33)27-8-2-3-9-32(34)21(25)28-22)17-10-16(5-6-18(17)23)19-13-31(30-29-19)20-7-4-15(11-24)12-26-20/h4-7,10,12-13,27,33H,2-3,8-9,14H2,1H3,(H2,25,28)/t22-/m0/s1. The van der Waals surface area contributed by atoms with E-state index in [4.69, 9.17) is 11.0 Å². The maximum absolute atomic E-state index is 15.1. The van der Waals surface area contributed by atoms with E-state index in [9.17, 15) is 4.55 Å². The molecule has 0 saturated carbocycles. The molecule has 1 unspecified atom stereocenters. The summed E-state index contributed by atoms with van der Waals surface area (Å²) in [5.41, 5.74) is 7.13. The quantitative estimate of drug-likeness (QED) is 0.518. The zero-order valence-corrected chi connectivity index (χ0v) is 19.3. The second kappa shape index (κ2) is 8.35. The lowest BCUT2D eigenvalue weighted by Gasteiger charge is -2.51.